The Morgan fingerprint density at radius 2 is 2.05 bits per heavy atom. The van der Waals surface area contributed by atoms with Crippen LogP contribution in [0.15, 0.2) is 24.3 Å². The molecule has 0 saturated carbocycles. The molecule has 1 aliphatic carbocycles. The van der Waals surface area contributed by atoms with Gasteiger partial charge in [0.15, 0.2) is 0 Å². The predicted molar refractivity (Wildman–Crippen MR) is 75.3 cm³/mol. The molecule has 0 spiro atoms. The van der Waals surface area contributed by atoms with Crippen LogP contribution in [0.1, 0.15) is 35.3 Å². The Morgan fingerprint density at radius 3 is 2.75 bits per heavy atom. The van der Waals surface area contributed by atoms with Crippen molar-refractivity contribution in [2.75, 3.05) is 13.7 Å². The van der Waals surface area contributed by atoms with Crippen molar-refractivity contribution in [2.24, 2.45) is 5.41 Å². The summed E-state index contributed by atoms with van der Waals surface area (Å²) < 4.78 is 9.89. The van der Waals surface area contributed by atoms with Crippen LogP contribution in [0.5, 0.6) is 0 Å². The molecule has 1 aromatic rings. The molecular weight excluding hydrogens is 256 g/mol. The lowest BCUT2D eigenvalue weighted by molar-refractivity contribution is -0.152. The zero-order valence-electron chi connectivity index (χ0n) is 11.9. The lowest BCUT2D eigenvalue weighted by Crippen LogP contribution is -2.31. The van der Waals surface area contributed by atoms with E-state index < -0.39 is 17.4 Å². The summed E-state index contributed by atoms with van der Waals surface area (Å²) in [5.74, 6) is -0.827. The first-order valence-electron chi connectivity index (χ1n) is 6.49. The Balaban J connectivity index is 2.02. The third kappa shape index (κ3) is 2.90. The maximum absolute atomic E-state index is 12.0. The van der Waals surface area contributed by atoms with Crippen LogP contribution in [0.2, 0.25) is 0 Å². The first kappa shape index (κ1) is 14.3. The minimum absolute atomic E-state index is 0.00850. The van der Waals surface area contributed by atoms with Crippen molar-refractivity contribution in [3.63, 3.8) is 0 Å². The Labute approximate surface area is 118 Å². The van der Waals surface area contributed by atoms with E-state index in [1.807, 2.05) is 18.2 Å². The van der Waals surface area contributed by atoms with Gasteiger partial charge in [0.2, 0.25) is 0 Å². The summed E-state index contributed by atoms with van der Waals surface area (Å²) in [6.45, 7) is 3.35. The molecule has 0 N–H and O–H groups in total. The van der Waals surface area contributed by atoms with Gasteiger partial charge < -0.3 is 9.47 Å². The molecule has 0 aliphatic heterocycles. The molecule has 0 radical (unpaired) electrons. The average molecular weight is 274 g/mol. The predicted octanol–water partition coefficient (Wildman–Crippen LogP) is 2.61. The van der Waals surface area contributed by atoms with Gasteiger partial charge in [0.05, 0.1) is 18.1 Å². The van der Waals surface area contributed by atoms with Crippen molar-refractivity contribution in [3.05, 3.63) is 41.0 Å². The van der Waals surface area contributed by atoms with Crippen LogP contribution in [0.4, 0.5) is 0 Å². The molecule has 0 saturated heterocycles. The Morgan fingerprint density at radius 1 is 1.30 bits per heavy atom. The molecule has 1 aromatic carbocycles. The summed E-state index contributed by atoms with van der Waals surface area (Å²) >= 11 is 0. The van der Waals surface area contributed by atoms with Crippen LogP contribution in [-0.4, -0.2) is 25.7 Å². The molecule has 0 fully saturated rings. The van der Waals surface area contributed by atoms with E-state index in [0.717, 1.165) is 12.0 Å². The number of carbonyl (C=O) groups is 2. The SMILES string of the molecule is COC(=O)C(C)(C)COC(=O)c1ccc2c(c1)C=CC2. The first-order chi connectivity index (χ1) is 9.44. The van der Waals surface area contributed by atoms with E-state index in [2.05, 4.69) is 10.8 Å². The smallest absolute Gasteiger partial charge is 0.338 e. The monoisotopic (exact) mass is 274 g/mol. The van der Waals surface area contributed by atoms with Gasteiger partial charge in [-0.25, -0.2) is 4.79 Å². The van der Waals surface area contributed by atoms with Gasteiger partial charge >= 0.3 is 11.9 Å². The average Bonchev–Trinajstić information content (AvgIpc) is 2.91. The fourth-order valence-electron chi connectivity index (χ4n) is 2.04. The highest BCUT2D eigenvalue weighted by Crippen LogP contribution is 2.22. The molecule has 4 heteroatoms. The van der Waals surface area contributed by atoms with Gasteiger partial charge in [-0.3, -0.25) is 4.79 Å². The molecule has 0 atom stereocenters. The van der Waals surface area contributed by atoms with E-state index in [0.29, 0.717) is 5.56 Å². The van der Waals surface area contributed by atoms with Crippen molar-refractivity contribution in [3.8, 4) is 0 Å². The number of allylic oxidation sites excluding steroid dienone is 1. The fourth-order valence-corrected chi connectivity index (χ4v) is 2.04. The standard InChI is InChI=1S/C16H18O4/c1-16(2,15(18)19-3)10-20-14(17)13-8-7-11-5-4-6-12(11)9-13/h4,6-9H,5,10H2,1-3H3. The van der Waals surface area contributed by atoms with Crippen molar-refractivity contribution in [2.45, 2.75) is 20.3 Å². The van der Waals surface area contributed by atoms with E-state index in [-0.39, 0.29) is 6.61 Å². The highest BCUT2D eigenvalue weighted by atomic mass is 16.5. The van der Waals surface area contributed by atoms with Gasteiger partial charge in [-0.2, -0.15) is 0 Å². The fraction of sp³-hybridized carbons (Fsp3) is 0.375. The minimum atomic E-state index is -0.846. The maximum Gasteiger partial charge on any atom is 0.338 e. The molecule has 0 bridgehead atoms. The second kappa shape index (κ2) is 5.49. The number of benzene rings is 1. The summed E-state index contributed by atoms with van der Waals surface area (Å²) in [6, 6.07) is 5.49. The number of methoxy groups -OCH3 is 1. The summed E-state index contributed by atoms with van der Waals surface area (Å²) in [7, 11) is 1.32. The number of hydrogen-bond acceptors (Lipinski definition) is 4. The molecule has 0 unspecified atom stereocenters. The largest absolute Gasteiger partial charge is 0.469 e. The topological polar surface area (TPSA) is 52.6 Å². The number of fused-ring (bicyclic) bond motifs is 1. The summed E-state index contributed by atoms with van der Waals surface area (Å²) in [6.07, 6.45) is 4.95. The lowest BCUT2D eigenvalue weighted by Gasteiger charge is -2.20. The summed E-state index contributed by atoms with van der Waals surface area (Å²) in [4.78, 5) is 23.5. The van der Waals surface area contributed by atoms with Crippen molar-refractivity contribution >= 4 is 18.0 Å². The Kier molecular flexibility index (Phi) is 3.93. The highest BCUT2D eigenvalue weighted by Gasteiger charge is 2.30. The second-order valence-corrected chi connectivity index (χ2v) is 5.47. The highest BCUT2D eigenvalue weighted by molar-refractivity contribution is 5.91. The zero-order chi connectivity index (χ0) is 14.8. The van der Waals surface area contributed by atoms with Gasteiger partial charge in [0, 0.05) is 0 Å². The van der Waals surface area contributed by atoms with Gasteiger partial charge in [-0.05, 0) is 43.5 Å². The Bertz CT molecular complexity index is 570. The quantitative estimate of drug-likeness (QED) is 0.792. The molecule has 4 nitrogen and oxygen atoms in total. The first-order valence-corrected chi connectivity index (χ1v) is 6.49. The molecule has 1 aliphatic rings. The van der Waals surface area contributed by atoms with Gasteiger partial charge in [0.25, 0.3) is 0 Å². The molecule has 20 heavy (non-hydrogen) atoms. The van der Waals surface area contributed by atoms with Crippen LogP contribution >= 0.6 is 0 Å². The van der Waals surface area contributed by atoms with E-state index in [9.17, 15) is 9.59 Å². The van der Waals surface area contributed by atoms with Gasteiger partial charge in [0.1, 0.15) is 6.61 Å². The number of rotatable bonds is 4. The van der Waals surface area contributed by atoms with Crippen molar-refractivity contribution in [1.82, 2.24) is 0 Å². The summed E-state index contributed by atoms with van der Waals surface area (Å²) in [5.41, 5.74) is 1.90. The third-order valence-electron chi connectivity index (χ3n) is 3.32. The zero-order valence-corrected chi connectivity index (χ0v) is 11.9. The molecule has 106 valence electrons. The van der Waals surface area contributed by atoms with Gasteiger partial charge in [-0.15, -0.1) is 0 Å². The van der Waals surface area contributed by atoms with E-state index in [1.165, 1.54) is 12.7 Å². The molecule has 0 aromatic heterocycles. The number of ether oxygens (including phenoxy) is 2. The van der Waals surface area contributed by atoms with E-state index in [4.69, 9.17) is 4.74 Å². The minimum Gasteiger partial charge on any atom is -0.469 e. The molecule has 2 rings (SSSR count). The number of hydrogen-bond donors (Lipinski definition) is 0. The van der Waals surface area contributed by atoms with Crippen molar-refractivity contribution < 1.29 is 19.1 Å². The normalized spacial score (nSPS) is 12.9. The van der Waals surface area contributed by atoms with E-state index in [1.54, 1.807) is 19.9 Å². The van der Waals surface area contributed by atoms with Crippen molar-refractivity contribution in [1.29, 1.82) is 0 Å². The lowest BCUT2D eigenvalue weighted by atomic mass is 9.95. The maximum atomic E-state index is 12.0. The number of esters is 2. The van der Waals surface area contributed by atoms with Crippen LogP contribution < -0.4 is 0 Å². The van der Waals surface area contributed by atoms with E-state index >= 15 is 0 Å². The van der Waals surface area contributed by atoms with Crippen LogP contribution in [0, 0.1) is 5.41 Å². The number of carbonyl (C=O) groups excluding carboxylic acids is 2. The molecular formula is C16H18O4. The molecule has 0 heterocycles. The second-order valence-electron chi connectivity index (χ2n) is 5.47. The summed E-state index contributed by atoms with van der Waals surface area (Å²) in [5, 5.41) is 0. The van der Waals surface area contributed by atoms with Crippen LogP contribution in [0.25, 0.3) is 6.08 Å². The van der Waals surface area contributed by atoms with Gasteiger partial charge in [-0.1, -0.05) is 18.2 Å². The molecule has 0 amide bonds. The Hall–Kier alpha value is -2.10. The van der Waals surface area contributed by atoms with Crippen LogP contribution in [-0.2, 0) is 20.7 Å². The van der Waals surface area contributed by atoms with Crippen LogP contribution in [0.3, 0.4) is 0 Å². The third-order valence-corrected chi connectivity index (χ3v) is 3.32.